The fourth-order valence-electron chi connectivity index (χ4n) is 3.08. The second kappa shape index (κ2) is 7.87. The molecule has 2 aromatic carbocycles. The number of likely N-dealkylation sites (tertiary alicyclic amines) is 1. The van der Waals surface area contributed by atoms with Gasteiger partial charge in [0.1, 0.15) is 0 Å². The molecule has 0 aliphatic carbocycles. The minimum absolute atomic E-state index is 0.0305. The molecule has 0 unspecified atom stereocenters. The number of rotatable bonds is 5. The Morgan fingerprint density at radius 3 is 2.44 bits per heavy atom. The van der Waals surface area contributed by atoms with Crippen molar-refractivity contribution in [1.82, 2.24) is 9.62 Å². The summed E-state index contributed by atoms with van der Waals surface area (Å²) in [4.78, 5) is 2.60. The smallest absolute Gasteiger partial charge is 0.240 e. The second-order valence-electron chi connectivity index (χ2n) is 6.57. The third kappa shape index (κ3) is 4.82. The van der Waals surface area contributed by atoms with Gasteiger partial charge in [0.15, 0.2) is 0 Å². The van der Waals surface area contributed by atoms with E-state index in [1.807, 2.05) is 25.1 Å². The van der Waals surface area contributed by atoms with Crippen LogP contribution in [-0.2, 0) is 16.6 Å². The highest BCUT2D eigenvalue weighted by molar-refractivity contribution is 7.89. The molecule has 0 bridgehead atoms. The van der Waals surface area contributed by atoms with E-state index in [1.54, 1.807) is 12.1 Å². The highest BCUT2D eigenvalue weighted by Crippen LogP contribution is 2.21. The molecular weight excluding hydrogens is 356 g/mol. The van der Waals surface area contributed by atoms with Crippen LogP contribution in [0.3, 0.4) is 0 Å². The third-order valence-corrected chi connectivity index (χ3v) is 6.54. The topological polar surface area (TPSA) is 49.4 Å². The normalized spacial score (nSPS) is 16.9. The lowest BCUT2D eigenvalue weighted by molar-refractivity contribution is 0.200. The van der Waals surface area contributed by atoms with Gasteiger partial charge >= 0.3 is 0 Å². The Hall–Kier alpha value is -1.40. The summed E-state index contributed by atoms with van der Waals surface area (Å²) >= 11 is 6.06. The van der Waals surface area contributed by atoms with Gasteiger partial charge in [0, 0.05) is 30.7 Å². The molecule has 0 radical (unpaired) electrons. The van der Waals surface area contributed by atoms with E-state index in [2.05, 4.69) is 21.8 Å². The van der Waals surface area contributed by atoms with E-state index in [0.29, 0.717) is 5.02 Å². The predicted molar refractivity (Wildman–Crippen MR) is 101 cm³/mol. The summed E-state index contributed by atoms with van der Waals surface area (Å²) in [7, 11) is -3.53. The number of hydrogen-bond acceptors (Lipinski definition) is 3. The number of halogens is 1. The maximum Gasteiger partial charge on any atom is 0.240 e. The molecule has 134 valence electrons. The zero-order valence-electron chi connectivity index (χ0n) is 14.3. The fraction of sp³-hybridized carbons (Fsp3) is 0.368. The van der Waals surface area contributed by atoms with Gasteiger partial charge in [-0.1, -0.05) is 48.0 Å². The summed E-state index contributed by atoms with van der Waals surface area (Å²) in [6, 6.07) is 15.2. The molecule has 25 heavy (non-hydrogen) atoms. The van der Waals surface area contributed by atoms with Crippen molar-refractivity contribution in [3.8, 4) is 0 Å². The molecule has 1 aliphatic rings. The first-order chi connectivity index (χ1) is 11.9. The first-order valence-corrected chi connectivity index (χ1v) is 10.3. The average Bonchev–Trinajstić information content (AvgIpc) is 2.60. The van der Waals surface area contributed by atoms with E-state index < -0.39 is 10.0 Å². The lowest BCUT2D eigenvalue weighted by Crippen LogP contribution is -2.44. The van der Waals surface area contributed by atoms with Crippen LogP contribution < -0.4 is 4.72 Å². The summed E-state index contributed by atoms with van der Waals surface area (Å²) in [6.07, 6.45) is 1.62. The lowest BCUT2D eigenvalue weighted by Gasteiger charge is -2.32. The number of aryl methyl sites for hydroxylation is 1. The monoisotopic (exact) mass is 378 g/mol. The van der Waals surface area contributed by atoms with Crippen LogP contribution in [0.4, 0.5) is 0 Å². The van der Waals surface area contributed by atoms with Gasteiger partial charge in [0.25, 0.3) is 0 Å². The van der Waals surface area contributed by atoms with Crippen LogP contribution in [0.5, 0.6) is 0 Å². The first kappa shape index (κ1) is 18.4. The van der Waals surface area contributed by atoms with Crippen molar-refractivity contribution in [2.24, 2.45) is 0 Å². The molecule has 1 heterocycles. The van der Waals surface area contributed by atoms with Gasteiger partial charge in [-0.25, -0.2) is 13.1 Å². The number of piperidine rings is 1. The molecule has 0 amide bonds. The van der Waals surface area contributed by atoms with E-state index in [9.17, 15) is 8.42 Å². The fourth-order valence-corrected chi connectivity index (χ4v) is 4.65. The van der Waals surface area contributed by atoms with E-state index in [1.165, 1.54) is 11.6 Å². The highest BCUT2D eigenvalue weighted by atomic mass is 35.5. The van der Waals surface area contributed by atoms with Crippen LogP contribution in [0, 0.1) is 6.92 Å². The predicted octanol–water partition coefficient (Wildman–Crippen LogP) is 3.59. The van der Waals surface area contributed by atoms with Gasteiger partial charge < -0.3 is 0 Å². The van der Waals surface area contributed by atoms with E-state index in [-0.39, 0.29) is 10.9 Å². The number of benzene rings is 2. The zero-order chi connectivity index (χ0) is 17.9. The molecule has 0 spiro atoms. The summed E-state index contributed by atoms with van der Waals surface area (Å²) in [5.41, 5.74) is 2.16. The van der Waals surface area contributed by atoms with Gasteiger partial charge in [-0.3, -0.25) is 4.90 Å². The summed E-state index contributed by atoms with van der Waals surface area (Å²) < 4.78 is 27.9. The third-order valence-electron chi connectivity index (χ3n) is 4.61. The van der Waals surface area contributed by atoms with Crippen molar-refractivity contribution in [1.29, 1.82) is 0 Å². The van der Waals surface area contributed by atoms with Crippen molar-refractivity contribution >= 4 is 21.6 Å². The highest BCUT2D eigenvalue weighted by Gasteiger charge is 2.25. The van der Waals surface area contributed by atoms with Crippen LogP contribution in [0.25, 0.3) is 0 Å². The largest absolute Gasteiger partial charge is 0.299 e. The maximum atomic E-state index is 12.6. The van der Waals surface area contributed by atoms with Gasteiger partial charge in [-0.2, -0.15) is 0 Å². The molecule has 1 aliphatic heterocycles. The summed E-state index contributed by atoms with van der Waals surface area (Å²) in [5, 5.41) is 0.473. The van der Waals surface area contributed by atoms with Gasteiger partial charge in [-0.05, 0) is 43.0 Å². The number of hydrogen-bond donors (Lipinski definition) is 1. The minimum atomic E-state index is -3.53. The Bertz CT molecular complexity index is 817. The molecule has 2 aromatic rings. The van der Waals surface area contributed by atoms with Crippen molar-refractivity contribution in [3.05, 3.63) is 64.7 Å². The Morgan fingerprint density at radius 1 is 1.12 bits per heavy atom. The van der Waals surface area contributed by atoms with E-state index in [0.717, 1.165) is 38.0 Å². The number of sulfonamides is 1. The maximum absolute atomic E-state index is 12.6. The second-order valence-corrected chi connectivity index (χ2v) is 8.69. The van der Waals surface area contributed by atoms with Crippen molar-refractivity contribution in [2.75, 3.05) is 13.1 Å². The number of nitrogens with zero attached hydrogens (tertiary/aromatic N) is 1. The van der Waals surface area contributed by atoms with E-state index >= 15 is 0 Å². The first-order valence-electron chi connectivity index (χ1n) is 8.49. The molecule has 6 heteroatoms. The van der Waals surface area contributed by atoms with Gasteiger partial charge in [0.2, 0.25) is 10.0 Å². The summed E-state index contributed by atoms with van der Waals surface area (Å²) in [5.74, 6) is 0. The van der Waals surface area contributed by atoms with Gasteiger partial charge in [-0.15, -0.1) is 0 Å². The standard InChI is InChI=1S/C19H23ClN2O2S/c1-15-7-8-18(13-19(15)20)25(23,24)21-17-9-11-22(12-10-17)14-16-5-3-2-4-6-16/h2-8,13,17,21H,9-12,14H2,1H3. The minimum Gasteiger partial charge on any atom is -0.299 e. The van der Waals surface area contributed by atoms with Crippen LogP contribution >= 0.6 is 11.6 Å². The molecule has 1 saturated heterocycles. The molecule has 1 fully saturated rings. The Morgan fingerprint density at radius 2 is 1.80 bits per heavy atom. The van der Waals surface area contributed by atoms with Gasteiger partial charge in [0.05, 0.1) is 4.90 Å². The van der Waals surface area contributed by atoms with E-state index in [4.69, 9.17) is 11.6 Å². The molecule has 0 saturated carbocycles. The molecule has 4 nitrogen and oxygen atoms in total. The van der Waals surface area contributed by atoms with Crippen LogP contribution in [0.2, 0.25) is 5.02 Å². The lowest BCUT2D eigenvalue weighted by atomic mass is 10.1. The van der Waals surface area contributed by atoms with Crippen LogP contribution in [0.1, 0.15) is 24.0 Å². The molecular formula is C19H23ClN2O2S. The quantitative estimate of drug-likeness (QED) is 0.864. The van der Waals surface area contributed by atoms with Crippen molar-refractivity contribution < 1.29 is 8.42 Å². The zero-order valence-corrected chi connectivity index (χ0v) is 15.9. The van der Waals surface area contributed by atoms with Crippen molar-refractivity contribution in [3.63, 3.8) is 0 Å². The number of nitrogens with one attached hydrogen (secondary N) is 1. The Kier molecular flexibility index (Phi) is 5.79. The Labute approximate surface area is 154 Å². The van der Waals surface area contributed by atoms with Crippen LogP contribution in [0.15, 0.2) is 53.4 Å². The SMILES string of the molecule is Cc1ccc(S(=O)(=O)NC2CCN(Cc3ccccc3)CC2)cc1Cl. The van der Waals surface area contributed by atoms with Crippen LogP contribution in [-0.4, -0.2) is 32.4 Å². The Balaban J connectivity index is 1.57. The molecule has 0 aromatic heterocycles. The molecule has 0 atom stereocenters. The van der Waals surface area contributed by atoms with Crippen molar-refractivity contribution in [2.45, 2.75) is 37.2 Å². The molecule has 3 rings (SSSR count). The summed E-state index contributed by atoms with van der Waals surface area (Å²) in [6.45, 7) is 4.54. The average molecular weight is 379 g/mol. The molecule has 1 N–H and O–H groups in total.